The van der Waals surface area contributed by atoms with Crippen LogP contribution in [0, 0.1) is 0 Å². The first kappa shape index (κ1) is 8.34. The van der Waals surface area contributed by atoms with Crippen LogP contribution in [0.5, 0.6) is 0 Å². The van der Waals surface area contributed by atoms with E-state index in [9.17, 15) is 0 Å². The molecule has 0 aromatic carbocycles. The summed E-state index contributed by atoms with van der Waals surface area (Å²) in [7, 11) is 2.02. The van der Waals surface area contributed by atoms with Crippen LogP contribution in [0.2, 0.25) is 0 Å². The molecule has 11 heavy (non-hydrogen) atoms. The van der Waals surface area contributed by atoms with Crippen molar-refractivity contribution >= 4 is 0 Å². The molecule has 1 aromatic rings. The summed E-state index contributed by atoms with van der Waals surface area (Å²) in [6.45, 7) is 4.08. The number of aryl methyl sites for hydroxylation is 1. The minimum absolute atomic E-state index is 0.0959. The Morgan fingerprint density at radius 1 is 1.55 bits per heavy atom. The Bertz CT molecular complexity index is 230. The molecule has 0 spiro atoms. The molecular weight excluding hydrogens is 136 g/mol. The van der Waals surface area contributed by atoms with Crippen LogP contribution in [0.4, 0.5) is 0 Å². The van der Waals surface area contributed by atoms with Crippen LogP contribution < -0.4 is 5.73 Å². The average molecular weight is 152 g/mol. The minimum Gasteiger partial charge on any atom is -0.357 e. The monoisotopic (exact) mass is 152 g/mol. The summed E-state index contributed by atoms with van der Waals surface area (Å²) in [5.41, 5.74) is 7.08. The fourth-order valence-electron chi connectivity index (χ4n) is 1.19. The summed E-state index contributed by atoms with van der Waals surface area (Å²) in [6.07, 6.45) is 5.09. The van der Waals surface area contributed by atoms with E-state index in [1.807, 2.05) is 31.7 Å². The van der Waals surface area contributed by atoms with Crippen molar-refractivity contribution in [3.05, 3.63) is 24.0 Å². The molecule has 0 bridgehead atoms. The van der Waals surface area contributed by atoms with Crippen LogP contribution >= 0.6 is 0 Å². The Labute approximate surface area is 68.0 Å². The van der Waals surface area contributed by atoms with Gasteiger partial charge in [-0.25, -0.2) is 0 Å². The van der Waals surface area contributed by atoms with Gasteiger partial charge in [-0.2, -0.15) is 0 Å². The van der Waals surface area contributed by atoms with Crippen molar-refractivity contribution in [2.75, 3.05) is 0 Å². The summed E-state index contributed by atoms with van der Waals surface area (Å²) in [4.78, 5) is 0. The molecule has 0 saturated carbocycles. The summed E-state index contributed by atoms with van der Waals surface area (Å²) < 4.78 is 2.04. The lowest BCUT2D eigenvalue weighted by Crippen LogP contribution is -2.34. The Morgan fingerprint density at radius 2 is 2.18 bits per heavy atom. The SMILES string of the molecule is Cn1ccc(CC(C)(C)N)c1. The van der Waals surface area contributed by atoms with E-state index < -0.39 is 0 Å². The first-order valence-corrected chi connectivity index (χ1v) is 3.87. The van der Waals surface area contributed by atoms with Crippen molar-refractivity contribution in [2.45, 2.75) is 25.8 Å². The van der Waals surface area contributed by atoms with Crippen molar-refractivity contribution in [3.63, 3.8) is 0 Å². The van der Waals surface area contributed by atoms with Gasteiger partial charge >= 0.3 is 0 Å². The number of nitrogens with two attached hydrogens (primary N) is 1. The molecule has 0 aliphatic rings. The van der Waals surface area contributed by atoms with E-state index in [1.54, 1.807) is 0 Å². The molecule has 2 nitrogen and oxygen atoms in total. The summed E-state index contributed by atoms with van der Waals surface area (Å²) in [6, 6.07) is 2.11. The first-order valence-electron chi connectivity index (χ1n) is 3.87. The number of hydrogen-bond donors (Lipinski definition) is 1. The molecule has 2 heteroatoms. The standard InChI is InChI=1S/C9H16N2/c1-9(2,10)6-8-4-5-11(3)7-8/h4-5,7H,6,10H2,1-3H3. The largest absolute Gasteiger partial charge is 0.357 e. The van der Waals surface area contributed by atoms with Gasteiger partial charge in [-0.1, -0.05) is 0 Å². The summed E-state index contributed by atoms with van der Waals surface area (Å²) in [5, 5.41) is 0. The molecule has 0 unspecified atom stereocenters. The van der Waals surface area contributed by atoms with E-state index in [4.69, 9.17) is 5.73 Å². The van der Waals surface area contributed by atoms with E-state index >= 15 is 0 Å². The van der Waals surface area contributed by atoms with Gasteiger partial charge in [0.15, 0.2) is 0 Å². The quantitative estimate of drug-likeness (QED) is 0.680. The molecular formula is C9H16N2. The van der Waals surface area contributed by atoms with Gasteiger partial charge in [0.05, 0.1) is 0 Å². The number of aromatic nitrogens is 1. The third-order valence-corrected chi connectivity index (χ3v) is 1.55. The molecule has 0 aliphatic carbocycles. The molecule has 1 aromatic heterocycles. The lowest BCUT2D eigenvalue weighted by Gasteiger charge is -2.16. The van der Waals surface area contributed by atoms with Crippen molar-refractivity contribution in [2.24, 2.45) is 12.8 Å². The van der Waals surface area contributed by atoms with Gasteiger partial charge < -0.3 is 10.3 Å². The third-order valence-electron chi connectivity index (χ3n) is 1.55. The number of nitrogens with zero attached hydrogens (tertiary/aromatic N) is 1. The highest BCUT2D eigenvalue weighted by Crippen LogP contribution is 2.09. The Hall–Kier alpha value is -0.760. The third kappa shape index (κ3) is 2.76. The van der Waals surface area contributed by atoms with Gasteiger partial charge in [-0.3, -0.25) is 0 Å². The second-order valence-electron chi connectivity index (χ2n) is 3.85. The van der Waals surface area contributed by atoms with Crippen molar-refractivity contribution in [3.8, 4) is 0 Å². The van der Waals surface area contributed by atoms with Crippen LogP contribution in [0.3, 0.4) is 0 Å². The van der Waals surface area contributed by atoms with E-state index in [-0.39, 0.29) is 5.54 Å². The highest BCUT2D eigenvalue weighted by molar-refractivity contribution is 5.12. The molecule has 0 atom stereocenters. The molecule has 0 aliphatic heterocycles. The maximum absolute atomic E-state index is 5.87. The number of rotatable bonds is 2. The Morgan fingerprint density at radius 3 is 2.55 bits per heavy atom. The maximum Gasteiger partial charge on any atom is 0.0138 e. The summed E-state index contributed by atoms with van der Waals surface area (Å²) >= 11 is 0. The molecule has 0 amide bonds. The molecule has 62 valence electrons. The number of hydrogen-bond acceptors (Lipinski definition) is 1. The van der Waals surface area contributed by atoms with Gasteiger partial charge in [0.1, 0.15) is 0 Å². The average Bonchev–Trinajstić information content (AvgIpc) is 2.10. The second-order valence-corrected chi connectivity index (χ2v) is 3.85. The molecule has 0 saturated heterocycles. The fourth-order valence-corrected chi connectivity index (χ4v) is 1.19. The smallest absolute Gasteiger partial charge is 0.0138 e. The zero-order valence-electron chi connectivity index (χ0n) is 7.46. The molecule has 0 radical (unpaired) electrons. The van der Waals surface area contributed by atoms with E-state index in [0.29, 0.717) is 0 Å². The van der Waals surface area contributed by atoms with Gasteiger partial charge in [0, 0.05) is 25.0 Å². The van der Waals surface area contributed by atoms with E-state index in [0.717, 1.165) is 6.42 Å². The van der Waals surface area contributed by atoms with Gasteiger partial charge in [-0.15, -0.1) is 0 Å². The fraction of sp³-hybridized carbons (Fsp3) is 0.556. The molecule has 1 rings (SSSR count). The normalized spacial score (nSPS) is 12.0. The zero-order chi connectivity index (χ0) is 8.48. The van der Waals surface area contributed by atoms with Crippen LogP contribution in [0.1, 0.15) is 19.4 Å². The van der Waals surface area contributed by atoms with Gasteiger partial charge in [-0.05, 0) is 31.9 Å². The Balaban J connectivity index is 2.65. The van der Waals surface area contributed by atoms with Crippen molar-refractivity contribution in [1.29, 1.82) is 0 Å². The lowest BCUT2D eigenvalue weighted by atomic mass is 9.98. The van der Waals surface area contributed by atoms with Crippen molar-refractivity contribution in [1.82, 2.24) is 4.57 Å². The van der Waals surface area contributed by atoms with Crippen molar-refractivity contribution < 1.29 is 0 Å². The van der Waals surface area contributed by atoms with Gasteiger partial charge in [0.2, 0.25) is 0 Å². The lowest BCUT2D eigenvalue weighted by molar-refractivity contribution is 0.516. The highest BCUT2D eigenvalue weighted by atomic mass is 14.9. The maximum atomic E-state index is 5.87. The van der Waals surface area contributed by atoms with Crippen LogP contribution in [-0.2, 0) is 13.5 Å². The second kappa shape index (κ2) is 2.70. The first-order chi connectivity index (χ1) is 4.97. The zero-order valence-corrected chi connectivity index (χ0v) is 7.46. The summed E-state index contributed by atoms with van der Waals surface area (Å²) in [5.74, 6) is 0. The minimum atomic E-state index is -0.0959. The molecule has 1 heterocycles. The molecule has 0 fully saturated rings. The molecule has 2 N–H and O–H groups in total. The topological polar surface area (TPSA) is 30.9 Å². The van der Waals surface area contributed by atoms with Crippen LogP contribution in [0.25, 0.3) is 0 Å². The van der Waals surface area contributed by atoms with Crippen LogP contribution in [0.15, 0.2) is 18.5 Å². The van der Waals surface area contributed by atoms with Gasteiger partial charge in [0.25, 0.3) is 0 Å². The van der Waals surface area contributed by atoms with Crippen LogP contribution in [-0.4, -0.2) is 10.1 Å². The highest BCUT2D eigenvalue weighted by Gasteiger charge is 2.11. The predicted octanol–water partition coefficient (Wildman–Crippen LogP) is 1.30. The predicted molar refractivity (Wildman–Crippen MR) is 47.4 cm³/mol. The Kier molecular flexibility index (Phi) is 2.05. The van der Waals surface area contributed by atoms with E-state index in [2.05, 4.69) is 12.3 Å². The van der Waals surface area contributed by atoms with E-state index in [1.165, 1.54) is 5.56 Å².